The van der Waals surface area contributed by atoms with E-state index in [0.29, 0.717) is 12.8 Å². The van der Waals surface area contributed by atoms with Crippen LogP contribution in [0.2, 0.25) is 0 Å². The van der Waals surface area contributed by atoms with Crippen molar-refractivity contribution in [2.24, 2.45) is 0 Å². The molecule has 0 saturated heterocycles. The second-order valence-electron chi connectivity index (χ2n) is 7.41. The first-order valence-electron chi connectivity index (χ1n) is 9.16. The van der Waals surface area contributed by atoms with Gasteiger partial charge in [0, 0.05) is 12.8 Å². The Labute approximate surface area is 173 Å². The molecule has 6 nitrogen and oxygen atoms in total. The van der Waals surface area contributed by atoms with E-state index in [1.807, 2.05) is 48.5 Å². The van der Waals surface area contributed by atoms with Gasteiger partial charge in [0.15, 0.2) is 0 Å². The third kappa shape index (κ3) is 3.27. The zero-order valence-electron chi connectivity index (χ0n) is 15.5. The summed E-state index contributed by atoms with van der Waals surface area (Å²) in [5.74, 6) is 0. The van der Waals surface area contributed by atoms with Gasteiger partial charge in [-0.1, -0.05) is 48.5 Å². The predicted molar refractivity (Wildman–Crippen MR) is 113 cm³/mol. The molecule has 2 N–H and O–H groups in total. The topological polar surface area (TPSA) is 109 Å². The van der Waals surface area contributed by atoms with E-state index in [2.05, 4.69) is 0 Å². The molecular formula is C22H16O6S2. The van der Waals surface area contributed by atoms with Crippen LogP contribution in [-0.2, 0) is 33.1 Å². The molecule has 4 aromatic carbocycles. The second-order valence-corrected chi connectivity index (χ2v) is 10.2. The molecule has 0 aromatic heterocycles. The molecular weight excluding hydrogens is 424 g/mol. The summed E-state index contributed by atoms with van der Waals surface area (Å²) in [6, 6.07) is 18.3. The number of fused-ring (bicyclic) bond motifs is 6. The van der Waals surface area contributed by atoms with Crippen molar-refractivity contribution in [3.05, 3.63) is 82.9 Å². The molecule has 0 amide bonds. The molecule has 152 valence electrons. The molecule has 0 spiro atoms. The first-order valence-corrected chi connectivity index (χ1v) is 12.0. The van der Waals surface area contributed by atoms with Crippen molar-refractivity contribution in [1.82, 2.24) is 0 Å². The standard InChI is InChI=1S/2C11H8O3S/c2*12-15(13,14)11-5-7-3-1-2-4-8(7)9-6-10(9)11/h2*1-5H,6H2,(H,12,13,14). The van der Waals surface area contributed by atoms with E-state index in [9.17, 15) is 16.8 Å². The lowest BCUT2D eigenvalue weighted by Gasteiger charge is -1.99. The summed E-state index contributed by atoms with van der Waals surface area (Å²) in [4.78, 5) is 0.132. The highest BCUT2D eigenvalue weighted by atomic mass is 32.2. The van der Waals surface area contributed by atoms with Crippen LogP contribution in [0.1, 0.15) is 22.3 Å². The summed E-state index contributed by atoms with van der Waals surface area (Å²) in [7, 11) is -8.15. The fourth-order valence-electron chi connectivity index (χ4n) is 3.96. The molecule has 2 aliphatic carbocycles. The fourth-order valence-corrected chi connectivity index (χ4v) is 5.53. The van der Waals surface area contributed by atoms with Crippen molar-refractivity contribution in [1.29, 1.82) is 0 Å². The third-order valence-electron chi connectivity index (χ3n) is 5.48. The lowest BCUT2D eigenvalue weighted by atomic mass is 10.1. The van der Waals surface area contributed by atoms with Gasteiger partial charge in [-0.05, 0) is 55.9 Å². The van der Waals surface area contributed by atoms with Crippen molar-refractivity contribution >= 4 is 41.8 Å². The summed E-state index contributed by atoms with van der Waals surface area (Å²) in [5.41, 5.74) is 3.61. The van der Waals surface area contributed by atoms with Crippen LogP contribution in [0.15, 0.2) is 70.5 Å². The van der Waals surface area contributed by atoms with Crippen molar-refractivity contribution in [3.63, 3.8) is 0 Å². The van der Waals surface area contributed by atoms with E-state index < -0.39 is 20.2 Å². The Hall–Kier alpha value is -2.78. The minimum Gasteiger partial charge on any atom is -0.282 e. The Balaban J connectivity index is 0.000000128. The number of hydrogen-bond donors (Lipinski definition) is 2. The molecule has 0 unspecified atom stereocenters. The van der Waals surface area contributed by atoms with Crippen molar-refractivity contribution < 1.29 is 25.9 Å². The Morgan fingerprint density at radius 1 is 0.567 bits per heavy atom. The van der Waals surface area contributed by atoms with Gasteiger partial charge in [-0.3, -0.25) is 9.11 Å². The first-order chi connectivity index (χ1) is 14.1. The molecule has 4 aromatic rings. The SMILES string of the molecule is O=S(=O)(O)c1cc2ccccc2c2c1C2.O=S(=O)(O)c1cc2ccccc2c2c1C2. The van der Waals surface area contributed by atoms with Crippen LogP contribution in [-0.4, -0.2) is 25.9 Å². The minimum atomic E-state index is -4.07. The highest BCUT2D eigenvalue weighted by molar-refractivity contribution is 7.86. The third-order valence-corrected chi connectivity index (χ3v) is 7.32. The van der Waals surface area contributed by atoms with Crippen LogP contribution < -0.4 is 0 Å². The molecule has 0 heterocycles. The van der Waals surface area contributed by atoms with Crippen LogP contribution in [0.25, 0.3) is 21.5 Å². The first kappa shape index (κ1) is 19.2. The van der Waals surface area contributed by atoms with Crippen LogP contribution in [0.3, 0.4) is 0 Å². The monoisotopic (exact) mass is 440 g/mol. The van der Waals surface area contributed by atoms with E-state index in [0.717, 1.165) is 43.8 Å². The number of benzene rings is 4. The van der Waals surface area contributed by atoms with Gasteiger partial charge in [-0.25, -0.2) is 0 Å². The van der Waals surface area contributed by atoms with Gasteiger partial charge in [0.2, 0.25) is 0 Å². The van der Waals surface area contributed by atoms with E-state index in [1.54, 1.807) is 0 Å². The van der Waals surface area contributed by atoms with Gasteiger partial charge in [-0.15, -0.1) is 0 Å². The normalized spacial score (nSPS) is 13.9. The van der Waals surface area contributed by atoms with Crippen LogP contribution in [0, 0.1) is 0 Å². The molecule has 0 bridgehead atoms. The lowest BCUT2D eigenvalue weighted by Crippen LogP contribution is -1.97. The second kappa shape index (κ2) is 6.36. The van der Waals surface area contributed by atoms with Gasteiger partial charge in [-0.2, -0.15) is 16.8 Å². The summed E-state index contributed by atoms with van der Waals surface area (Å²) >= 11 is 0. The molecule has 0 atom stereocenters. The number of rotatable bonds is 2. The Bertz CT molecular complexity index is 1460. The summed E-state index contributed by atoms with van der Waals surface area (Å²) in [5, 5.41) is 3.89. The maximum Gasteiger partial charge on any atom is 0.294 e. The van der Waals surface area contributed by atoms with Gasteiger partial charge in [0.05, 0.1) is 9.79 Å². The Morgan fingerprint density at radius 2 is 0.933 bits per heavy atom. The smallest absolute Gasteiger partial charge is 0.282 e. The summed E-state index contributed by atoms with van der Waals surface area (Å²) in [6.45, 7) is 0. The zero-order chi connectivity index (χ0) is 21.3. The average Bonchev–Trinajstić information content (AvgIpc) is 3.59. The molecule has 0 aliphatic heterocycles. The number of hydrogen-bond acceptors (Lipinski definition) is 4. The van der Waals surface area contributed by atoms with Crippen LogP contribution >= 0.6 is 0 Å². The Morgan fingerprint density at radius 3 is 1.30 bits per heavy atom. The maximum absolute atomic E-state index is 11.1. The minimum absolute atomic E-state index is 0.0659. The molecule has 0 fully saturated rings. The van der Waals surface area contributed by atoms with E-state index in [-0.39, 0.29) is 9.79 Å². The van der Waals surface area contributed by atoms with Crippen LogP contribution in [0.5, 0.6) is 0 Å². The van der Waals surface area contributed by atoms with E-state index >= 15 is 0 Å². The largest absolute Gasteiger partial charge is 0.294 e. The highest BCUT2D eigenvalue weighted by Gasteiger charge is 2.30. The lowest BCUT2D eigenvalue weighted by molar-refractivity contribution is 0.481. The molecule has 2 aliphatic rings. The summed E-state index contributed by atoms with van der Waals surface area (Å²) in [6.07, 6.45) is 1.34. The molecule has 30 heavy (non-hydrogen) atoms. The maximum atomic E-state index is 11.1. The summed E-state index contributed by atoms with van der Waals surface area (Å²) < 4.78 is 62.4. The molecule has 8 heteroatoms. The quantitative estimate of drug-likeness (QED) is 0.394. The van der Waals surface area contributed by atoms with E-state index in [1.165, 1.54) is 12.1 Å². The van der Waals surface area contributed by atoms with Crippen molar-refractivity contribution in [2.75, 3.05) is 0 Å². The molecule has 0 radical (unpaired) electrons. The Kier molecular flexibility index (Phi) is 4.07. The van der Waals surface area contributed by atoms with E-state index in [4.69, 9.17) is 9.11 Å². The van der Waals surface area contributed by atoms with Crippen molar-refractivity contribution in [3.8, 4) is 0 Å². The zero-order valence-corrected chi connectivity index (χ0v) is 17.2. The fraction of sp³-hybridized carbons (Fsp3) is 0.0909. The predicted octanol–water partition coefficient (Wildman–Crippen LogP) is 3.98. The average molecular weight is 440 g/mol. The van der Waals surface area contributed by atoms with Gasteiger partial charge >= 0.3 is 0 Å². The van der Waals surface area contributed by atoms with Gasteiger partial charge in [0.25, 0.3) is 20.2 Å². The van der Waals surface area contributed by atoms with Gasteiger partial charge < -0.3 is 0 Å². The van der Waals surface area contributed by atoms with Crippen molar-refractivity contribution in [2.45, 2.75) is 22.6 Å². The molecule has 6 rings (SSSR count). The van der Waals surface area contributed by atoms with Crippen LogP contribution in [0.4, 0.5) is 0 Å². The molecule has 0 saturated carbocycles. The van der Waals surface area contributed by atoms with Gasteiger partial charge in [0.1, 0.15) is 0 Å². The highest BCUT2D eigenvalue weighted by Crippen LogP contribution is 2.41.